The van der Waals surface area contributed by atoms with E-state index in [1.165, 1.54) is 19.3 Å². The molecule has 0 aromatic heterocycles. The van der Waals surface area contributed by atoms with E-state index in [0.717, 1.165) is 37.0 Å². The van der Waals surface area contributed by atoms with Gasteiger partial charge in [0.15, 0.2) is 0 Å². The lowest BCUT2D eigenvalue weighted by molar-refractivity contribution is -0.0144. The summed E-state index contributed by atoms with van der Waals surface area (Å²) < 4.78 is 5.20. The van der Waals surface area contributed by atoms with Crippen molar-refractivity contribution in [2.45, 2.75) is 56.1 Å². The monoisotopic (exact) mass is 294 g/mol. The summed E-state index contributed by atoms with van der Waals surface area (Å²) in [6.07, 6.45) is 8.18. The normalized spacial score (nSPS) is 47.6. The minimum atomic E-state index is -0.876. The minimum Gasteiger partial charge on any atom is -0.386 e. The van der Waals surface area contributed by atoms with Gasteiger partial charge in [-0.1, -0.05) is 0 Å². The summed E-state index contributed by atoms with van der Waals surface area (Å²) in [5, 5.41) is 16.3. The summed E-state index contributed by atoms with van der Waals surface area (Å²) >= 11 is 0. The van der Waals surface area contributed by atoms with Crippen molar-refractivity contribution in [3.63, 3.8) is 0 Å². The first-order chi connectivity index (χ1) is 10.0. The third-order valence-corrected chi connectivity index (χ3v) is 6.08. The summed E-state index contributed by atoms with van der Waals surface area (Å²) in [6.45, 7) is 1.19. The first-order valence-corrected chi connectivity index (χ1v) is 8.40. The van der Waals surface area contributed by atoms with Crippen molar-refractivity contribution >= 4 is 6.03 Å². The van der Waals surface area contributed by atoms with E-state index in [-0.39, 0.29) is 18.1 Å². The average Bonchev–Trinajstić information content (AvgIpc) is 2.82. The SMILES string of the molecule is O=C(NCC1(O)CCOC1)NC12CC3CC(CC(C3)C1)C2. The van der Waals surface area contributed by atoms with Crippen LogP contribution in [0.2, 0.25) is 0 Å². The maximum Gasteiger partial charge on any atom is 0.315 e. The second-order valence-corrected chi connectivity index (χ2v) is 8.03. The number of ether oxygens (including phenoxy) is 1. The van der Waals surface area contributed by atoms with Crippen molar-refractivity contribution in [1.29, 1.82) is 0 Å². The van der Waals surface area contributed by atoms with Crippen LogP contribution in [0.1, 0.15) is 44.9 Å². The molecule has 0 aromatic carbocycles. The van der Waals surface area contributed by atoms with Gasteiger partial charge < -0.3 is 20.5 Å². The molecule has 0 aromatic rings. The molecule has 4 saturated carbocycles. The molecule has 4 bridgehead atoms. The molecule has 1 heterocycles. The maximum absolute atomic E-state index is 12.3. The lowest BCUT2D eigenvalue weighted by Gasteiger charge is -2.56. The van der Waals surface area contributed by atoms with Gasteiger partial charge in [0.25, 0.3) is 0 Å². The molecule has 5 nitrogen and oxygen atoms in total. The lowest BCUT2D eigenvalue weighted by Crippen LogP contribution is -2.62. The Kier molecular flexibility index (Phi) is 3.19. The highest BCUT2D eigenvalue weighted by Crippen LogP contribution is 2.55. The van der Waals surface area contributed by atoms with E-state index < -0.39 is 5.60 Å². The first-order valence-electron chi connectivity index (χ1n) is 8.40. The number of hydrogen-bond acceptors (Lipinski definition) is 3. The van der Waals surface area contributed by atoms with Gasteiger partial charge in [0.1, 0.15) is 5.60 Å². The fourth-order valence-electron chi connectivity index (χ4n) is 5.53. The van der Waals surface area contributed by atoms with Crippen LogP contribution in [0.3, 0.4) is 0 Å². The van der Waals surface area contributed by atoms with Crippen molar-refractivity contribution in [3.05, 3.63) is 0 Å². The highest BCUT2D eigenvalue weighted by atomic mass is 16.5. The number of amides is 2. The van der Waals surface area contributed by atoms with Gasteiger partial charge >= 0.3 is 6.03 Å². The molecule has 21 heavy (non-hydrogen) atoms. The number of aliphatic hydroxyl groups is 1. The van der Waals surface area contributed by atoms with Crippen LogP contribution in [0.4, 0.5) is 4.79 Å². The van der Waals surface area contributed by atoms with Gasteiger partial charge in [-0.25, -0.2) is 4.79 Å². The number of hydrogen-bond donors (Lipinski definition) is 3. The predicted molar refractivity (Wildman–Crippen MR) is 77.8 cm³/mol. The molecule has 2 amide bonds. The Morgan fingerprint density at radius 3 is 2.29 bits per heavy atom. The molecule has 5 aliphatic rings. The molecule has 1 aliphatic heterocycles. The molecule has 1 atom stereocenters. The Balaban J connectivity index is 1.34. The van der Waals surface area contributed by atoms with Gasteiger partial charge in [0.05, 0.1) is 13.2 Å². The van der Waals surface area contributed by atoms with Gasteiger partial charge in [-0.2, -0.15) is 0 Å². The fraction of sp³-hybridized carbons (Fsp3) is 0.938. The average molecular weight is 294 g/mol. The summed E-state index contributed by atoms with van der Waals surface area (Å²) in [5.74, 6) is 2.47. The summed E-state index contributed by atoms with van der Waals surface area (Å²) in [6, 6.07) is -0.114. The minimum absolute atomic E-state index is 0.0353. The highest BCUT2D eigenvalue weighted by molar-refractivity contribution is 5.75. The standard InChI is InChI=1S/C16H26N2O3/c19-14(17-9-16(20)1-2-21-10-16)18-15-6-11-3-12(7-15)5-13(4-11)8-15/h11-13,20H,1-10H2,(H2,17,18,19). The van der Waals surface area contributed by atoms with Crippen LogP contribution in [0.5, 0.6) is 0 Å². The van der Waals surface area contributed by atoms with Gasteiger partial charge in [0.2, 0.25) is 0 Å². The Morgan fingerprint density at radius 2 is 1.76 bits per heavy atom. The van der Waals surface area contributed by atoms with E-state index in [1.54, 1.807) is 0 Å². The topological polar surface area (TPSA) is 70.6 Å². The quantitative estimate of drug-likeness (QED) is 0.737. The third kappa shape index (κ3) is 2.66. The van der Waals surface area contributed by atoms with E-state index in [4.69, 9.17) is 4.74 Å². The Morgan fingerprint density at radius 1 is 1.14 bits per heavy atom. The van der Waals surface area contributed by atoms with E-state index >= 15 is 0 Å². The zero-order valence-electron chi connectivity index (χ0n) is 12.6. The molecule has 5 heteroatoms. The Hall–Kier alpha value is -0.810. The van der Waals surface area contributed by atoms with Gasteiger partial charge in [-0.05, 0) is 56.3 Å². The van der Waals surface area contributed by atoms with E-state index in [9.17, 15) is 9.90 Å². The zero-order chi connectivity index (χ0) is 14.5. The van der Waals surface area contributed by atoms with Crippen molar-refractivity contribution in [3.8, 4) is 0 Å². The van der Waals surface area contributed by atoms with E-state index in [0.29, 0.717) is 19.6 Å². The summed E-state index contributed by atoms with van der Waals surface area (Å²) in [4.78, 5) is 12.3. The smallest absolute Gasteiger partial charge is 0.315 e. The number of nitrogens with one attached hydrogen (secondary N) is 2. The third-order valence-electron chi connectivity index (χ3n) is 6.08. The molecular weight excluding hydrogens is 268 g/mol. The van der Waals surface area contributed by atoms with E-state index in [2.05, 4.69) is 10.6 Å². The van der Waals surface area contributed by atoms with Crippen LogP contribution in [-0.2, 0) is 4.74 Å². The van der Waals surface area contributed by atoms with Crippen LogP contribution in [-0.4, -0.2) is 42.0 Å². The summed E-state index contributed by atoms with van der Waals surface area (Å²) in [7, 11) is 0. The highest BCUT2D eigenvalue weighted by Gasteiger charge is 2.51. The molecule has 0 spiro atoms. The number of carbonyl (C=O) groups is 1. The van der Waals surface area contributed by atoms with Crippen LogP contribution in [0.25, 0.3) is 0 Å². The lowest BCUT2D eigenvalue weighted by atomic mass is 9.53. The molecule has 3 N–H and O–H groups in total. The van der Waals surface area contributed by atoms with Crippen molar-refractivity contribution in [1.82, 2.24) is 10.6 Å². The molecule has 0 radical (unpaired) electrons. The molecule has 4 aliphatic carbocycles. The summed E-state index contributed by atoms with van der Waals surface area (Å²) in [5.41, 5.74) is -0.841. The Bertz CT molecular complexity index is 396. The molecular formula is C16H26N2O3. The molecule has 5 rings (SSSR count). The van der Waals surface area contributed by atoms with Gasteiger partial charge in [-0.3, -0.25) is 0 Å². The van der Waals surface area contributed by atoms with Crippen LogP contribution < -0.4 is 10.6 Å². The molecule has 1 unspecified atom stereocenters. The predicted octanol–water partition coefficient (Wildman–Crippen LogP) is 1.41. The molecule has 5 fully saturated rings. The van der Waals surface area contributed by atoms with Crippen LogP contribution in [0, 0.1) is 17.8 Å². The van der Waals surface area contributed by atoms with Gasteiger partial charge in [-0.15, -0.1) is 0 Å². The largest absolute Gasteiger partial charge is 0.386 e. The Labute approximate surface area is 125 Å². The maximum atomic E-state index is 12.3. The number of rotatable bonds is 3. The number of carbonyl (C=O) groups excluding carboxylic acids is 1. The first kappa shape index (κ1) is 13.8. The van der Waals surface area contributed by atoms with Crippen LogP contribution in [0.15, 0.2) is 0 Å². The van der Waals surface area contributed by atoms with Crippen LogP contribution >= 0.6 is 0 Å². The van der Waals surface area contributed by atoms with Crippen molar-refractivity contribution < 1.29 is 14.6 Å². The second-order valence-electron chi connectivity index (χ2n) is 8.03. The van der Waals surface area contributed by atoms with Gasteiger partial charge in [0, 0.05) is 18.6 Å². The zero-order valence-corrected chi connectivity index (χ0v) is 12.6. The second kappa shape index (κ2) is 4.85. The fourth-order valence-corrected chi connectivity index (χ4v) is 5.53. The van der Waals surface area contributed by atoms with Crippen molar-refractivity contribution in [2.24, 2.45) is 17.8 Å². The number of urea groups is 1. The van der Waals surface area contributed by atoms with E-state index in [1.807, 2.05) is 0 Å². The molecule has 118 valence electrons. The van der Waals surface area contributed by atoms with Crippen molar-refractivity contribution in [2.75, 3.05) is 19.8 Å². The molecule has 1 saturated heterocycles.